The molecule has 1 fully saturated rings. The van der Waals surface area contributed by atoms with Crippen LogP contribution in [0.15, 0.2) is 15.8 Å². The number of aliphatic hydroxyl groups excluding tert-OH is 2. The van der Waals surface area contributed by atoms with Crippen LogP contribution in [-0.4, -0.2) is 37.7 Å². The highest BCUT2D eigenvalue weighted by Crippen LogP contribution is 2.32. The topological polar surface area (TPSA) is 93.7 Å². The van der Waals surface area contributed by atoms with Crippen LogP contribution in [0.5, 0.6) is 0 Å². The SMILES string of the molecule is CC[C@H]1O[C@@H](c2cn(C)c(=O)n(C)c2=O)C(O)[C@H]1O. The summed E-state index contributed by atoms with van der Waals surface area (Å²) in [7, 11) is 2.88. The molecule has 7 nitrogen and oxygen atoms in total. The lowest BCUT2D eigenvalue weighted by Crippen LogP contribution is -2.40. The fourth-order valence-electron chi connectivity index (χ4n) is 2.37. The maximum atomic E-state index is 12.1. The van der Waals surface area contributed by atoms with Gasteiger partial charge in [-0.15, -0.1) is 0 Å². The number of rotatable bonds is 2. The van der Waals surface area contributed by atoms with E-state index in [1.54, 1.807) is 0 Å². The summed E-state index contributed by atoms with van der Waals surface area (Å²) in [5.74, 6) is 0. The third-order valence-corrected chi connectivity index (χ3v) is 3.54. The van der Waals surface area contributed by atoms with Crippen molar-refractivity contribution in [2.45, 2.75) is 37.8 Å². The minimum absolute atomic E-state index is 0.173. The molecule has 0 bridgehead atoms. The second kappa shape index (κ2) is 4.92. The highest BCUT2D eigenvalue weighted by Gasteiger charge is 2.43. The van der Waals surface area contributed by atoms with Crippen LogP contribution >= 0.6 is 0 Å². The number of hydrogen-bond donors (Lipinski definition) is 2. The van der Waals surface area contributed by atoms with Gasteiger partial charge in [-0.05, 0) is 6.42 Å². The molecule has 0 amide bonds. The van der Waals surface area contributed by atoms with Crippen LogP contribution in [0.3, 0.4) is 0 Å². The minimum atomic E-state index is -1.17. The predicted octanol–water partition coefficient (Wildman–Crippen LogP) is -1.34. The number of hydrogen-bond acceptors (Lipinski definition) is 5. The quantitative estimate of drug-likeness (QED) is 0.693. The van der Waals surface area contributed by atoms with E-state index in [2.05, 4.69) is 0 Å². The van der Waals surface area contributed by atoms with Crippen LogP contribution in [0.4, 0.5) is 0 Å². The third kappa shape index (κ3) is 2.13. The Balaban J connectivity index is 2.50. The molecule has 2 rings (SSSR count). The molecule has 1 unspecified atom stereocenters. The van der Waals surface area contributed by atoms with Crippen LogP contribution in [0.2, 0.25) is 0 Å². The maximum absolute atomic E-state index is 12.1. The molecular formula is C12H18N2O5. The van der Waals surface area contributed by atoms with Gasteiger partial charge in [-0.25, -0.2) is 4.79 Å². The molecule has 1 aliphatic rings. The smallest absolute Gasteiger partial charge is 0.330 e. The van der Waals surface area contributed by atoms with Gasteiger partial charge in [0.15, 0.2) is 0 Å². The van der Waals surface area contributed by atoms with E-state index in [1.807, 2.05) is 6.92 Å². The Labute approximate surface area is 109 Å². The summed E-state index contributed by atoms with van der Waals surface area (Å²) in [5.41, 5.74) is -0.794. The second-order valence-corrected chi connectivity index (χ2v) is 4.83. The predicted molar refractivity (Wildman–Crippen MR) is 66.8 cm³/mol. The summed E-state index contributed by atoms with van der Waals surface area (Å²) < 4.78 is 7.73. The standard InChI is InChI=1S/C12H18N2O5/c1-4-7-8(15)9(16)10(19-7)6-5-13(2)12(18)14(3)11(6)17/h5,7-10,15-16H,4H2,1-3H3/t7-,8+,9?,10+/m1/s1. The average molecular weight is 270 g/mol. The zero-order valence-electron chi connectivity index (χ0n) is 11.1. The fourth-order valence-corrected chi connectivity index (χ4v) is 2.37. The van der Waals surface area contributed by atoms with Gasteiger partial charge in [0.1, 0.15) is 18.3 Å². The zero-order valence-corrected chi connectivity index (χ0v) is 11.1. The summed E-state index contributed by atoms with van der Waals surface area (Å²) in [6, 6.07) is 0. The highest BCUT2D eigenvalue weighted by atomic mass is 16.5. The molecule has 0 spiro atoms. The van der Waals surface area contributed by atoms with E-state index in [4.69, 9.17) is 4.74 Å². The Kier molecular flexibility index (Phi) is 3.62. The van der Waals surface area contributed by atoms with E-state index in [1.165, 1.54) is 24.9 Å². The number of ether oxygens (including phenoxy) is 1. The summed E-state index contributed by atoms with van der Waals surface area (Å²) in [6.45, 7) is 1.82. The van der Waals surface area contributed by atoms with Gasteiger partial charge in [0, 0.05) is 20.3 Å². The van der Waals surface area contributed by atoms with Gasteiger partial charge < -0.3 is 19.5 Å². The molecule has 1 saturated heterocycles. The monoisotopic (exact) mass is 270 g/mol. The lowest BCUT2D eigenvalue weighted by Gasteiger charge is -2.15. The van der Waals surface area contributed by atoms with E-state index >= 15 is 0 Å². The Morgan fingerprint density at radius 2 is 1.89 bits per heavy atom. The van der Waals surface area contributed by atoms with E-state index < -0.39 is 35.7 Å². The van der Waals surface area contributed by atoms with E-state index in [0.29, 0.717) is 6.42 Å². The second-order valence-electron chi connectivity index (χ2n) is 4.83. The Bertz CT molecular complexity index is 591. The van der Waals surface area contributed by atoms with E-state index in [9.17, 15) is 19.8 Å². The summed E-state index contributed by atoms with van der Waals surface area (Å²) >= 11 is 0. The normalized spacial score (nSPS) is 30.8. The van der Waals surface area contributed by atoms with Gasteiger partial charge >= 0.3 is 5.69 Å². The van der Waals surface area contributed by atoms with Crippen molar-refractivity contribution < 1.29 is 14.9 Å². The van der Waals surface area contributed by atoms with Gasteiger partial charge in [0.05, 0.1) is 11.7 Å². The fraction of sp³-hybridized carbons (Fsp3) is 0.667. The van der Waals surface area contributed by atoms with Crippen LogP contribution in [0.25, 0.3) is 0 Å². The number of nitrogens with zero attached hydrogens (tertiary/aromatic N) is 2. The van der Waals surface area contributed by atoms with E-state index in [-0.39, 0.29) is 5.56 Å². The van der Waals surface area contributed by atoms with Crippen molar-refractivity contribution in [2.24, 2.45) is 14.1 Å². The molecule has 4 atom stereocenters. The summed E-state index contributed by atoms with van der Waals surface area (Å²) in [5, 5.41) is 19.8. The zero-order chi connectivity index (χ0) is 14.3. The lowest BCUT2D eigenvalue weighted by molar-refractivity contribution is 0.00432. The van der Waals surface area contributed by atoms with Crippen LogP contribution in [-0.2, 0) is 18.8 Å². The molecule has 2 heterocycles. The van der Waals surface area contributed by atoms with Crippen LogP contribution in [0, 0.1) is 0 Å². The lowest BCUT2D eigenvalue weighted by atomic mass is 10.0. The average Bonchev–Trinajstić information content (AvgIpc) is 2.68. The van der Waals surface area contributed by atoms with Crippen molar-refractivity contribution in [3.8, 4) is 0 Å². The molecule has 106 valence electrons. The molecule has 1 aromatic heterocycles. The van der Waals surface area contributed by atoms with Gasteiger partial charge in [0.2, 0.25) is 0 Å². The summed E-state index contributed by atoms with van der Waals surface area (Å²) in [4.78, 5) is 23.6. The molecule has 1 aliphatic heterocycles. The Morgan fingerprint density at radius 1 is 1.26 bits per heavy atom. The molecule has 0 aliphatic carbocycles. The molecule has 0 saturated carbocycles. The molecule has 0 aromatic carbocycles. The van der Waals surface area contributed by atoms with Gasteiger partial charge in [-0.2, -0.15) is 0 Å². The maximum Gasteiger partial charge on any atom is 0.330 e. The third-order valence-electron chi connectivity index (χ3n) is 3.54. The number of aromatic nitrogens is 2. The molecule has 0 radical (unpaired) electrons. The van der Waals surface area contributed by atoms with Gasteiger partial charge in [-0.3, -0.25) is 9.36 Å². The van der Waals surface area contributed by atoms with Crippen molar-refractivity contribution in [1.29, 1.82) is 0 Å². The summed E-state index contributed by atoms with van der Waals surface area (Å²) in [6.07, 6.45) is -1.75. The van der Waals surface area contributed by atoms with Gasteiger partial charge in [-0.1, -0.05) is 6.92 Å². The molecule has 19 heavy (non-hydrogen) atoms. The number of aryl methyl sites for hydroxylation is 1. The van der Waals surface area contributed by atoms with Crippen LogP contribution in [0.1, 0.15) is 25.0 Å². The van der Waals surface area contributed by atoms with Crippen molar-refractivity contribution in [3.63, 3.8) is 0 Å². The first-order valence-electron chi connectivity index (χ1n) is 6.16. The molecule has 7 heteroatoms. The largest absolute Gasteiger partial charge is 0.388 e. The molecule has 2 N–H and O–H groups in total. The van der Waals surface area contributed by atoms with Crippen molar-refractivity contribution in [3.05, 3.63) is 32.6 Å². The van der Waals surface area contributed by atoms with Gasteiger partial charge in [0.25, 0.3) is 5.56 Å². The Morgan fingerprint density at radius 3 is 2.42 bits per heavy atom. The molecule has 1 aromatic rings. The first kappa shape index (κ1) is 14.0. The Hall–Kier alpha value is -1.44. The van der Waals surface area contributed by atoms with Crippen molar-refractivity contribution in [1.82, 2.24) is 9.13 Å². The first-order valence-corrected chi connectivity index (χ1v) is 6.16. The first-order chi connectivity index (χ1) is 8.88. The minimum Gasteiger partial charge on any atom is -0.388 e. The van der Waals surface area contributed by atoms with Crippen molar-refractivity contribution >= 4 is 0 Å². The van der Waals surface area contributed by atoms with Crippen molar-refractivity contribution in [2.75, 3.05) is 0 Å². The van der Waals surface area contributed by atoms with Crippen LogP contribution < -0.4 is 11.2 Å². The van der Waals surface area contributed by atoms with E-state index in [0.717, 1.165) is 4.57 Å². The molecular weight excluding hydrogens is 252 g/mol. The number of aliphatic hydroxyl groups is 2. The highest BCUT2D eigenvalue weighted by molar-refractivity contribution is 5.14.